The first-order valence-corrected chi connectivity index (χ1v) is 12.2. The van der Waals surface area contributed by atoms with Crippen molar-refractivity contribution in [2.24, 2.45) is 5.92 Å². The van der Waals surface area contributed by atoms with Crippen LogP contribution < -0.4 is 10.1 Å². The molecule has 0 bridgehead atoms. The Morgan fingerprint density at radius 1 is 1.31 bits per heavy atom. The molecule has 2 saturated heterocycles. The number of likely N-dealkylation sites (tertiary alicyclic amines) is 1. The Kier molecular flexibility index (Phi) is 5.31. The maximum absolute atomic E-state index is 12.8. The van der Waals surface area contributed by atoms with Gasteiger partial charge in [0.05, 0.1) is 23.5 Å². The van der Waals surface area contributed by atoms with Gasteiger partial charge in [-0.3, -0.25) is 9.59 Å². The molecule has 0 unspecified atom stereocenters. The molecular weight excluding hydrogens is 392 g/mol. The van der Waals surface area contributed by atoms with Crippen molar-refractivity contribution in [3.05, 3.63) is 29.8 Å². The van der Waals surface area contributed by atoms with Crippen LogP contribution in [0.3, 0.4) is 0 Å². The van der Waals surface area contributed by atoms with Crippen LogP contribution in [-0.2, 0) is 19.4 Å². The first-order valence-electron chi connectivity index (χ1n) is 10.4. The summed E-state index contributed by atoms with van der Waals surface area (Å²) in [5.74, 6) is 0.188. The van der Waals surface area contributed by atoms with Crippen LogP contribution in [0.15, 0.2) is 24.3 Å². The third-order valence-electron chi connectivity index (χ3n) is 6.48. The lowest BCUT2D eigenvalue weighted by Crippen LogP contribution is -2.47. The lowest BCUT2D eigenvalue weighted by Gasteiger charge is -2.42. The highest BCUT2D eigenvalue weighted by atomic mass is 32.2. The predicted octanol–water partition coefficient (Wildman–Crippen LogP) is 1.83. The third-order valence-corrected chi connectivity index (χ3v) is 8.25. The Bertz CT molecular complexity index is 915. The fourth-order valence-electron chi connectivity index (χ4n) is 4.76. The minimum Gasteiger partial charge on any atom is -0.487 e. The summed E-state index contributed by atoms with van der Waals surface area (Å²) >= 11 is 0. The molecule has 158 valence electrons. The Morgan fingerprint density at radius 2 is 2.10 bits per heavy atom. The molecule has 1 N–H and O–H groups in total. The smallest absolute Gasteiger partial charge is 0.224 e. The second kappa shape index (κ2) is 7.63. The van der Waals surface area contributed by atoms with Gasteiger partial charge in [0.1, 0.15) is 11.4 Å². The number of carbonyl (C=O) groups excluding carboxylic acids is 2. The molecular formula is C21H28N2O5S. The van der Waals surface area contributed by atoms with Crippen molar-refractivity contribution in [2.45, 2.75) is 50.7 Å². The van der Waals surface area contributed by atoms with E-state index in [4.69, 9.17) is 4.74 Å². The van der Waals surface area contributed by atoms with Crippen LogP contribution in [0.5, 0.6) is 5.75 Å². The fourth-order valence-corrected chi connectivity index (χ4v) is 6.50. The maximum Gasteiger partial charge on any atom is 0.224 e. The first kappa shape index (κ1) is 20.2. The minimum absolute atomic E-state index is 0.0746. The summed E-state index contributed by atoms with van der Waals surface area (Å²) in [5.41, 5.74) is 0.406. The van der Waals surface area contributed by atoms with Crippen LogP contribution in [0.2, 0.25) is 0 Å². The molecule has 0 aromatic heterocycles. The number of hydrogen-bond acceptors (Lipinski definition) is 5. The Balaban J connectivity index is 1.57. The second-order valence-electron chi connectivity index (χ2n) is 8.41. The maximum atomic E-state index is 12.8. The second-order valence-corrected chi connectivity index (χ2v) is 10.6. The van der Waals surface area contributed by atoms with Crippen molar-refractivity contribution < 1.29 is 22.7 Å². The summed E-state index contributed by atoms with van der Waals surface area (Å²) in [6, 6.07) is 7.41. The quantitative estimate of drug-likeness (QED) is 0.805. The first-order chi connectivity index (χ1) is 13.8. The van der Waals surface area contributed by atoms with E-state index in [1.165, 1.54) is 0 Å². The largest absolute Gasteiger partial charge is 0.487 e. The number of amides is 2. The van der Waals surface area contributed by atoms with Crippen molar-refractivity contribution in [1.29, 1.82) is 0 Å². The number of fused-ring (bicyclic) bond motifs is 1. The summed E-state index contributed by atoms with van der Waals surface area (Å²) in [7, 11) is -3.12. The van der Waals surface area contributed by atoms with Gasteiger partial charge in [0.2, 0.25) is 11.8 Å². The zero-order valence-corrected chi connectivity index (χ0v) is 17.5. The highest BCUT2D eigenvalue weighted by Gasteiger charge is 2.44. The molecule has 3 atom stereocenters. The number of carbonyl (C=O) groups is 2. The lowest BCUT2D eigenvalue weighted by atomic mass is 9.82. The van der Waals surface area contributed by atoms with E-state index in [0.717, 1.165) is 11.3 Å². The van der Waals surface area contributed by atoms with Gasteiger partial charge in [0, 0.05) is 37.9 Å². The Morgan fingerprint density at radius 3 is 2.83 bits per heavy atom. The van der Waals surface area contributed by atoms with E-state index in [-0.39, 0.29) is 29.4 Å². The number of nitrogens with zero attached hydrogens (tertiary/aromatic N) is 1. The van der Waals surface area contributed by atoms with Gasteiger partial charge in [-0.1, -0.05) is 18.2 Å². The monoisotopic (exact) mass is 420 g/mol. The summed E-state index contributed by atoms with van der Waals surface area (Å²) in [4.78, 5) is 27.0. The van der Waals surface area contributed by atoms with Gasteiger partial charge in [-0.05, 0) is 25.8 Å². The van der Waals surface area contributed by atoms with Crippen LogP contribution in [0, 0.1) is 5.92 Å². The van der Waals surface area contributed by atoms with Crippen molar-refractivity contribution in [3.63, 3.8) is 0 Å². The van der Waals surface area contributed by atoms with Gasteiger partial charge >= 0.3 is 0 Å². The Hall–Kier alpha value is -2.09. The molecule has 2 fully saturated rings. The fraction of sp³-hybridized carbons (Fsp3) is 0.619. The number of sulfone groups is 1. The molecule has 1 aromatic carbocycles. The number of ether oxygens (including phenoxy) is 1. The highest BCUT2D eigenvalue weighted by molar-refractivity contribution is 7.91. The molecule has 4 rings (SSSR count). The van der Waals surface area contributed by atoms with Gasteiger partial charge in [-0.25, -0.2) is 8.42 Å². The van der Waals surface area contributed by atoms with Gasteiger partial charge in [-0.2, -0.15) is 0 Å². The molecule has 3 aliphatic rings. The van der Waals surface area contributed by atoms with Crippen LogP contribution in [0.1, 0.15) is 50.6 Å². The number of para-hydroxylation sites is 1. The predicted molar refractivity (Wildman–Crippen MR) is 108 cm³/mol. The topological polar surface area (TPSA) is 92.8 Å². The zero-order chi connectivity index (χ0) is 20.6. The van der Waals surface area contributed by atoms with Gasteiger partial charge in [-0.15, -0.1) is 0 Å². The van der Waals surface area contributed by atoms with Crippen molar-refractivity contribution in [3.8, 4) is 5.75 Å². The summed E-state index contributed by atoms with van der Waals surface area (Å²) in [6.07, 6.45) is 2.72. The number of rotatable bonds is 3. The average molecular weight is 421 g/mol. The molecule has 0 radical (unpaired) electrons. The molecule has 1 aromatic rings. The van der Waals surface area contributed by atoms with Crippen molar-refractivity contribution in [2.75, 3.05) is 24.6 Å². The summed E-state index contributed by atoms with van der Waals surface area (Å²) < 4.78 is 30.0. The van der Waals surface area contributed by atoms with Gasteiger partial charge in [0.15, 0.2) is 9.84 Å². The Labute approximate surface area is 171 Å². The van der Waals surface area contributed by atoms with E-state index in [1.807, 2.05) is 36.1 Å². The molecule has 0 aliphatic carbocycles. The van der Waals surface area contributed by atoms with E-state index in [9.17, 15) is 18.0 Å². The van der Waals surface area contributed by atoms with Gasteiger partial charge in [0.25, 0.3) is 0 Å². The van der Waals surface area contributed by atoms with Gasteiger partial charge < -0.3 is 15.0 Å². The van der Waals surface area contributed by atoms with E-state index >= 15 is 0 Å². The van der Waals surface area contributed by atoms with E-state index < -0.39 is 21.4 Å². The molecule has 2 amide bonds. The number of benzene rings is 1. The minimum atomic E-state index is -3.12. The standard InChI is InChI=1S/C21H28N2O5S/c1-2-23-11-10-21(9-7-19(23)24)13-17(16-5-3-4-6-18(16)28-21)22-20(25)15-8-12-29(26,27)14-15/h3-6,15,17H,2,7-14H2,1H3,(H,22,25)/t15-,17+,21+/m0/s1. The van der Waals surface area contributed by atoms with E-state index in [2.05, 4.69) is 5.32 Å². The van der Waals surface area contributed by atoms with Crippen molar-refractivity contribution in [1.82, 2.24) is 10.2 Å². The van der Waals surface area contributed by atoms with E-state index in [0.29, 0.717) is 45.2 Å². The summed E-state index contributed by atoms with van der Waals surface area (Å²) in [5, 5.41) is 3.10. The normalized spacial score (nSPS) is 31.1. The molecule has 8 heteroatoms. The van der Waals surface area contributed by atoms with E-state index in [1.54, 1.807) is 0 Å². The average Bonchev–Trinajstić information content (AvgIpc) is 2.99. The highest BCUT2D eigenvalue weighted by Crippen LogP contribution is 2.44. The molecule has 7 nitrogen and oxygen atoms in total. The third kappa shape index (κ3) is 4.13. The number of nitrogens with one attached hydrogen (secondary N) is 1. The van der Waals surface area contributed by atoms with Crippen LogP contribution >= 0.6 is 0 Å². The number of hydrogen-bond donors (Lipinski definition) is 1. The lowest BCUT2D eigenvalue weighted by molar-refractivity contribution is -0.130. The molecule has 3 heterocycles. The molecule has 1 spiro atoms. The van der Waals surface area contributed by atoms with Crippen molar-refractivity contribution >= 4 is 21.7 Å². The molecule has 0 saturated carbocycles. The van der Waals surface area contributed by atoms with Crippen LogP contribution in [0.25, 0.3) is 0 Å². The summed E-state index contributed by atoms with van der Waals surface area (Å²) in [6.45, 7) is 3.30. The molecule has 3 aliphatic heterocycles. The zero-order valence-electron chi connectivity index (χ0n) is 16.7. The van der Waals surface area contributed by atoms with Crippen LogP contribution in [-0.4, -0.2) is 55.3 Å². The SMILES string of the molecule is CCN1CC[C@]2(CCC1=O)C[C@@H](NC(=O)[C@H]1CCS(=O)(=O)C1)c1ccccc1O2. The molecule has 29 heavy (non-hydrogen) atoms. The van der Waals surface area contributed by atoms with Crippen LogP contribution in [0.4, 0.5) is 0 Å².